The third-order valence-electron chi connectivity index (χ3n) is 5.09. The molecule has 1 aliphatic rings. The molecule has 1 saturated carbocycles. The summed E-state index contributed by atoms with van der Waals surface area (Å²) in [6.45, 7) is 4.33. The third-order valence-corrected chi connectivity index (χ3v) is 5.09. The van der Waals surface area contributed by atoms with Gasteiger partial charge in [0.25, 0.3) is 0 Å². The molecule has 0 bridgehead atoms. The molecule has 1 nitrogen and oxygen atoms in total. The number of benzene rings is 2. The minimum Gasteiger partial charge on any atom is -0.491 e. The van der Waals surface area contributed by atoms with Crippen molar-refractivity contribution in [2.24, 2.45) is 5.92 Å². The van der Waals surface area contributed by atoms with Gasteiger partial charge in [-0.15, -0.1) is 0 Å². The number of rotatable bonds is 3. The summed E-state index contributed by atoms with van der Waals surface area (Å²) >= 11 is 0. The highest BCUT2D eigenvalue weighted by molar-refractivity contribution is 5.46. The van der Waals surface area contributed by atoms with Crippen molar-refractivity contribution in [3.05, 3.63) is 64.7 Å². The molecule has 0 N–H and O–H groups in total. The van der Waals surface area contributed by atoms with Crippen molar-refractivity contribution < 1.29 is 13.5 Å². The van der Waals surface area contributed by atoms with Crippen LogP contribution in [0.4, 0.5) is 8.78 Å². The Labute approximate surface area is 154 Å². The summed E-state index contributed by atoms with van der Waals surface area (Å²) in [5.41, 5.74) is 2.18. The maximum absolute atomic E-state index is 14.1. The van der Waals surface area contributed by atoms with Crippen molar-refractivity contribution in [3.63, 3.8) is 0 Å². The summed E-state index contributed by atoms with van der Waals surface area (Å²) in [4.78, 5) is 0. The molecule has 3 heteroatoms. The van der Waals surface area contributed by atoms with E-state index in [9.17, 15) is 8.78 Å². The Morgan fingerprint density at radius 2 is 1.62 bits per heavy atom. The zero-order chi connectivity index (χ0) is 18.5. The summed E-state index contributed by atoms with van der Waals surface area (Å²) in [5, 5.41) is 0. The van der Waals surface area contributed by atoms with Gasteiger partial charge in [0.2, 0.25) is 5.82 Å². The Kier molecular flexibility index (Phi) is 5.93. The van der Waals surface area contributed by atoms with Crippen molar-refractivity contribution in [1.82, 2.24) is 0 Å². The molecule has 0 amide bonds. The highest BCUT2D eigenvalue weighted by Gasteiger charge is 2.19. The van der Waals surface area contributed by atoms with Gasteiger partial charge in [0, 0.05) is 5.56 Å². The van der Waals surface area contributed by atoms with Crippen LogP contribution in [0.15, 0.2) is 36.4 Å². The van der Waals surface area contributed by atoms with Crippen LogP contribution in [-0.4, -0.2) is 6.61 Å². The van der Waals surface area contributed by atoms with Crippen LogP contribution < -0.4 is 4.74 Å². The second-order valence-electron chi connectivity index (χ2n) is 7.00. The predicted molar refractivity (Wildman–Crippen MR) is 100 cm³/mol. The van der Waals surface area contributed by atoms with E-state index in [2.05, 4.69) is 30.9 Å². The average Bonchev–Trinajstić information content (AvgIpc) is 2.66. The van der Waals surface area contributed by atoms with Crippen molar-refractivity contribution in [1.29, 1.82) is 0 Å². The number of halogens is 2. The maximum atomic E-state index is 14.1. The second-order valence-corrected chi connectivity index (χ2v) is 7.00. The van der Waals surface area contributed by atoms with Gasteiger partial charge >= 0.3 is 0 Å². The quantitative estimate of drug-likeness (QED) is 0.609. The monoisotopic (exact) mass is 354 g/mol. The van der Waals surface area contributed by atoms with Crippen molar-refractivity contribution in [3.8, 4) is 17.6 Å². The van der Waals surface area contributed by atoms with Crippen LogP contribution in [0, 0.1) is 29.4 Å². The molecule has 0 aromatic heterocycles. The molecule has 0 saturated heterocycles. The molecule has 0 spiro atoms. The van der Waals surface area contributed by atoms with E-state index in [1.807, 2.05) is 12.1 Å². The molecule has 1 fully saturated rings. The van der Waals surface area contributed by atoms with Crippen LogP contribution in [0.2, 0.25) is 0 Å². The van der Waals surface area contributed by atoms with Crippen molar-refractivity contribution >= 4 is 0 Å². The van der Waals surface area contributed by atoms with Gasteiger partial charge in [-0.05, 0) is 61.4 Å². The Balaban J connectivity index is 1.73. The molecule has 0 atom stereocenters. The molecule has 0 unspecified atom stereocenters. The summed E-state index contributed by atoms with van der Waals surface area (Å²) in [5.74, 6) is 5.08. The lowest BCUT2D eigenvalue weighted by Gasteiger charge is -2.26. The van der Waals surface area contributed by atoms with E-state index in [0.29, 0.717) is 5.92 Å². The summed E-state index contributed by atoms with van der Waals surface area (Å²) in [6, 6.07) is 11.0. The zero-order valence-electron chi connectivity index (χ0n) is 15.3. The molecule has 0 radical (unpaired) electrons. The lowest BCUT2D eigenvalue weighted by atomic mass is 9.79. The van der Waals surface area contributed by atoms with E-state index >= 15 is 0 Å². The van der Waals surface area contributed by atoms with Gasteiger partial charge in [-0.3, -0.25) is 0 Å². The third kappa shape index (κ3) is 4.25. The van der Waals surface area contributed by atoms with E-state index in [4.69, 9.17) is 4.74 Å². The largest absolute Gasteiger partial charge is 0.491 e. The molecule has 1 aliphatic carbocycles. The molecule has 26 heavy (non-hydrogen) atoms. The molecular formula is C23H24F2O. The van der Waals surface area contributed by atoms with E-state index in [0.717, 1.165) is 11.5 Å². The van der Waals surface area contributed by atoms with Crippen LogP contribution >= 0.6 is 0 Å². The number of hydrogen-bond acceptors (Lipinski definition) is 1. The van der Waals surface area contributed by atoms with Gasteiger partial charge in [0.1, 0.15) is 0 Å². The summed E-state index contributed by atoms with van der Waals surface area (Å²) in [7, 11) is 0. The first kappa shape index (κ1) is 18.5. The Morgan fingerprint density at radius 1 is 0.923 bits per heavy atom. The minimum absolute atomic E-state index is 0.0382. The first-order valence-corrected chi connectivity index (χ1v) is 9.31. The molecule has 136 valence electrons. The molecule has 2 aromatic rings. The fourth-order valence-electron chi connectivity index (χ4n) is 3.47. The van der Waals surface area contributed by atoms with E-state index < -0.39 is 11.6 Å². The molecule has 0 heterocycles. The SMILES string of the molecule is CCOc1ccc(C#Cc2ccc([C@H]3CC[C@H](C)CC3)cc2)c(F)c1F. The van der Waals surface area contributed by atoms with Crippen LogP contribution in [0.1, 0.15) is 62.1 Å². The van der Waals surface area contributed by atoms with E-state index in [-0.39, 0.29) is 17.9 Å². The number of ether oxygens (including phenoxy) is 1. The molecule has 2 aromatic carbocycles. The fraction of sp³-hybridized carbons (Fsp3) is 0.391. The lowest BCUT2D eigenvalue weighted by molar-refractivity contribution is 0.314. The zero-order valence-corrected chi connectivity index (χ0v) is 15.3. The van der Waals surface area contributed by atoms with Crippen LogP contribution in [-0.2, 0) is 0 Å². The molecular weight excluding hydrogens is 330 g/mol. The van der Waals surface area contributed by atoms with E-state index in [1.54, 1.807) is 6.92 Å². The molecule has 3 rings (SSSR count). The van der Waals surface area contributed by atoms with Crippen LogP contribution in [0.5, 0.6) is 5.75 Å². The summed E-state index contributed by atoms with van der Waals surface area (Å²) in [6.07, 6.45) is 5.05. The standard InChI is InChI=1S/C23H24F2O/c1-3-26-21-15-14-20(22(24)23(21)25)13-8-17-6-11-19(12-7-17)18-9-4-16(2)5-10-18/h6-7,11-12,14-16,18H,3-5,9-10H2,1-2H3/t16-,18-. The van der Waals surface area contributed by atoms with Gasteiger partial charge in [-0.25, -0.2) is 4.39 Å². The normalized spacial score (nSPS) is 19.5. The smallest absolute Gasteiger partial charge is 0.201 e. The minimum atomic E-state index is -0.986. The Bertz CT molecular complexity index is 807. The van der Waals surface area contributed by atoms with Gasteiger partial charge < -0.3 is 4.74 Å². The highest BCUT2D eigenvalue weighted by Crippen LogP contribution is 2.35. The topological polar surface area (TPSA) is 9.23 Å². The van der Waals surface area contributed by atoms with Gasteiger partial charge in [-0.1, -0.05) is 43.7 Å². The average molecular weight is 354 g/mol. The van der Waals surface area contributed by atoms with Gasteiger partial charge in [0.05, 0.1) is 12.2 Å². The van der Waals surface area contributed by atoms with Crippen molar-refractivity contribution in [2.45, 2.75) is 45.4 Å². The maximum Gasteiger partial charge on any atom is 0.201 e. The summed E-state index contributed by atoms with van der Waals surface area (Å²) < 4.78 is 33.0. The van der Waals surface area contributed by atoms with Gasteiger partial charge in [-0.2, -0.15) is 4.39 Å². The van der Waals surface area contributed by atoms with Gasteiger partial charge in [0.15, 0.2) is 11.6 Å². The lowest BCUT2D eigenvalue weighted by Crippen LogP contribution is -2.10. The van der Waals surface area contributed by atoms with E-state index in [1.165, 1.54) is 43.4 Å². The Morgan fingerprint density at radius 3 is 2.27 bits per heavy atom. The van der Waals surface area contributed by atoms with Crippen molar-refractivity contribution in [2.75, 3.05) is 6.61 Å². The number of hydrogen-bond donors (Lipinski definition) is 0. The highest BCUT2D eigenvalue weighted by atomic mass is 19.2. The Hall–Kier alpha value is -2.34. The first-order chi connectivity index (χ1) is 12.6. The van der Waals surface area contributed by atoms with Crippen LogP contribution in [0.3, 0.4) is 0 Å². The predicted octanol–water partition coefficient (Wildman–Crippen LogP) is 6.06. The first-order valence-electron chi connectivity index (χ1n) is 9.31. The second kappa shape index (κ2) is 8.36. The fourth-order valence-corrected chi connectivity index (χ4v) is 3.47. The van der Waals surface area contributed by atoms with Crippen LogP contribution in [0.25, 0.3) is 0 Å². The molecule has 0 aliphatic heterocycles.